The molecule has 30 heavy (non-hydrogen) atoms. The first-order valence-electron chi connectivity index (χ1n) is 9.93. The predicted molar refractivity (Wildman–Crippen MR) is 121 cm³/mol. The highest BCUT2D eigenvalue weighted by molar-refractivity contribution is 6.39. The van der Waals surface area contributed by atoms with E-state index in [1.165, 1.54) is 6.08 Å². The summed E-state index contributed by atoms with van der Waals surface area (Å²) in [6.45, 7) is 4.81. The van der Waals surface area contributed by atoms with E-state index in [2.05, 4.69) is 5.10 Å². The van der Waals surface area contributed by atoms with Crippen LogP contribution in [0.5, 0.6) is 0 Å². The SMILES string of the molecule is CCOC(=O)/C=C/c1c(C2CC2)nc2c(cnn2CC)c1-c1cc(Cl)c(N)c(Cl)c1. The average Bonchev–Trinajstić information content (AvgIpc) is 3.49. The Balaban J connectivity index is 2.03. The van der Waals surface area contributed by atoms with Gasteiger partial charge in [-0.15, -0.1) is 0 Å². The third kappa shape index (κ3) is 3.77. The van der Waals surface area contributed by atoms with Gasteiger partial charge in [-0.1, -0.05) is 23.2 Å². The van der Waals surface area contributed by atoms with E-state index in [9.17, 15) is 4.79 Å². The molecule has 2 aromatic heterocycles. The predicted octanol–water partition coefficient (Wildman–Crippen LogP) is 5.46. The van der Waals surface area contributed by atoms with E-state index in [1.54, 1.807) is 31.3 Å². The molecule has 0 radical (unpaired) electrons. The summed E-state index contributed by atoms with van der Waals surface area (Å²) < 4.78 is 6.93. The molecule has 1 fully saturated rings. The van der Waals surface area contributed by atoms with Gasteiger partial charge in [-0.25, -0.2) is 14.5 Å². The number of ether oxygens (including phenoxy) is 1. The fourth-order valence-electron chi connectivity index (χ4n) is 3.57. The zero-order valence-corrected chi connectivity index (χ0v) is 18.3. The highest BCUT2D eigenvalue weighted by Crippen LogP contribution is 2.46. The van der Waals surface area contributed by atoms with Crippen molar-refractivity contribution in [3.8, 4) is 11.1 Å². The van der Waals surface area contributed by atoms with Crippen molar-refractivity contribution in [1.82, 2.24) is 14.8 Å². The number of fused-ring (bicyclic) bond motifs is 1. The lowest BCUT2D eigenvalue weighted by atomic mass is 9.94. The molecule has 0 unspecified atom stereocenters. The molecule has 4 rings (SSSR count). The maximum absolute atomic E-state index is 12.0. The lowest BCUT2D eigenvalue weighted by Crippen LogP contribution is -2.03. The van der Waals surface area contributed by atoms with Crippen LogP contribution in [0, 0.1) is 0 Å². The minimum atomic E-state index is -0.400. The molecule has 0 amide bonds. The Kier molecular flexibility index (Phi) is 5.71. The Labute approximate surface area is 184 Å². The van der Waals surface area contributed by atoms with Gasteiger partial charge in [-0.05, 0) is 50.5 Å². The van der Waals surface area contributed by atoms with Gasteiger partial charge in [0.1, 0.15) is 0 Å². The number of nitrogens with zero attached hydrogens (tertiary/aromatic N) is 3. The van der Waals surface area contributed by atoms with Crippen molar-refractivity contribution < 1.29 is 9.53 Å². The number of hydrogen-bond acceptors (Lipinski definition) is 5. The van der Waals surface area contributed by atoms with Crippen molar-refractivity contribution in [3.05, 3.63) is 45.7 Å². The van der Waals surface area contributed by atoms with Crippen LogP contribution < -0.4 is 5.73 Å². The molecule has 6 nitrogen and oxygen atoms in total. The Morgan fingerprint density at radius 2 is 2.00 bits per heavy atom. The third-order valence-electron chi connectivity index (χ3n) is 5.16. The van der Waals surface area contributed by atoms with Gasteiger partial charge in [0.15, 0.2) is 5.65 Å². The van der Waals surface area contributed by atoms with Crippen LogP contribution in [0.25, 0.3) is 28.2 Å². The van der Waals surface area contributed by atoms with Crippen molar-refractivity contribution in [2.24, 2.45) is 0 Å². The van der Waals surface area contributed by atoms with E-state index in [0.717, 1.165) is 46.3 Å². The molecule has 8 heteroatoms. The van der Waals surface area contributed by atoms with E-state index >= 15 is 0 Å². The second-order valence-electron chi connectivity index (χ2n) is 7.20. The third-order valence-corrected chi connectivity index (χ3v) is 5.78. The smallest absolute Gasteiger partial charge is 0.330 e. The summed E-state index contributed by atoms with van der Waals surface area (Å²) in [6.07, 6.45) is 7.11. The molecule has 0 atom stereocenters. The number of pyridine rings is 1. The average molecular weight is 445 g/mol. The molecule has 156 valence electrons. The van der Waals surface area contributed by atoms with Crippen LogP contribution in [-0.4, -0.2) is 27.3 Å². The Morgan fingerprint density at radius 3 is 2.60 bits per heavy atom. The number of halogens is 2. The number of esters is 1. The molecule has 0 saturated heterocycles. The normalized spacial score (nSPS) is 14.0. The topological polar surface area (TPSA) is 83.0 Å². The summed E-state index contributed by atoms with van der Waals surface area (Å²) in [5.41, 5.74) is 10.6. The molecule has 0 spiro atoms. The van der Waals surface area contributed by atoms with Gasteiger partial charge in [0, 0.05) is 35.1 Å². The summed E-state index contributed by atoms with van der Waals surface area (Å²) in [4.78, 5) is 17.0. The lowest BCUT2D eigenvalue weighted by Gasteiger charge is -2.15. The summed E-state index contributed by atoms with van der Waals surface area (Å²) in [5.74, 6) is -0.0576. The molecule has 3 aromatic rings. The molecule has 1 aromatic carbocycles. The van der Waals surface area contributed by atoms with Crippen LogP contribution in [0.3, 0.4) is 0 Å². The van der Waals surface area contributed by atoms with Crippen molar-refractivity contribution in [3.63, 3.8) is 0 Å². The van der Waals surface area contributed by atoms with E-state index < -0.39 is 5.97 Å². The quantitative estimate of drug-likeness (QED) is 0.310. The molecule has 0 aliphatic heterocycles. The minimum Gasteiger partial charge on any atom is -0.463 e. The summed E-state index contributed by atoms with van der Waals surface area (Å²) in [6, 6.07) is 3.58. The molecule has 1 aliphatic rings. The monoisotopic (exact) mass is 444 g/mol. The number of nitrogens with two attached hydrogens (primary N) is 1. The van der Waals surface area contributed by atoms with Crippen molar-refractivity contribution in [1.29, 1.82) is 0 Å². The molecule has 0 bridgehead atoms. The number of carbonyl (C=O) groups is 1. The standard InChI is InChI=1S/C22H22Cl2N4O2/c1-3-28-22-15(11-26-28)19(13-9-16(23)20(25)17(24)10-13)14(7-8-18(29)30-4-2)21(27-22)12-5-6-12/h7-12H,3-6,25H2,1-2H3/b8-7+. The first kappa shape index (κ1) is 20.7. The number of nitrogen functional groups attached to an aromatic ring is 1. The molecule has 2 N–H and O–H groups in total. The zero-order chi connectivity index (χ0) is 21.4. The molecule has 1 aliphatic carbocycles. The lowest BCUT2D eigenvalue weighted by molar-refractivity contribution is -0.137. The van der Waals surface area contributed by atoms with Gasteiger partial charge in [-0.3, -0.25) is 0 Å². The van der Waals surface area contributed by atoms with E-state index in [1.807, 2.05) is 11.6 Å². The van der Waals surface area contributed by atoms with E-state index in [0.29, 0.717) is 34.8 Å². The van der Waals surface area contributed by atoms with Gasteiger partial charge < -0.3 is 10.5 Å². The number of benzene rings is 1. The fraction of sp³-hybridized carbons (Fsp3) is 0.318. The number of aromatic nitrogens is 3. The van der Waals surface area contributed by atoms with Gasteiger partial charge in [0.25, 0.3) is 0 Å². The van der Waals surface area contributed by atoms with Crippen LogP contribution in [0.2, 0.25) is 10.0 Å². The van der Waals surface area contributed by atoms with Crippen LogP contribution >= 0.6 is 23.2 Å². The Bertz CT molecular complexity index is 1140. The fourth-order valence-corrected chi connectivity index (χ4v) is 4.06. The first-order valence-corrected chi connectivity index (χ1v) is 10.7. The summed E-state index contributed by atoms with van der Waals surface area (Å²) in [7, 11) is 0. The van der Waals surface area contributed by atoms with Crippen molar-refractivity contribution >= 4 is 52.0 Å². The Hall–Kier alpha value is -2.57. The molecular weight excluding hydrogens is 423 g/mol. The number of hydrogen-bond donors (Lipinski definition) is 1. The van der Waals surface area contributed by atoms with Gasteiger partial charge in [0.05, 0.1) is 34.2 Å². The maximum Gasteiger partial charge on any atom is 0.330 e. The highest BCUT2D eigenvalue weighted by Gasteiger charge is 2.30. The van der Waals surface area contributed by atoms with Crippen LogP contribution in [0.15, 0.2) is 24.4 Å². The van der Waals surface area contributed by atoms with Gasteiger partial charge in [0.2, 0.25) is 0 Å². The second-order valence-corrected chi connectivity index (χ2v) is 8.01. The van der Waals surface area contributed by atoms with Gasteiger partial charge >= 0.3 is 5.97 Å². The van der Waals surface area contributed by atoms with Crippen LogP contribution in [0.4, 0.5) is 5.69 Å². The summed E-state index contributed by atoms with van der Waals surface area (Å²) >= 11 is 12.7. The molecular formula is C22H22Cl2N4O2. The minimum absolute atomic E-state index is 0.315. The number of carbonyl (C=O) groups excluding carboxylic acids is 1. The van der Waals surface area contributed by atoms with Gasteiger partial charge in [-0.2, -0.15) is 5.10 Å². The number of aryl methyl sites for hydroxylation is 1. The largest absolute Gasteiger partial charge is 0.463 e. The van der Waals surface area contributed by atoms with Crippen LogP contribution in [0.1, 0.15) is 43.9 Å². The zero-order valence-electron chi connectivity index (χ0n) is 16.8. The number of anilines is 1. The van der Waals surface area contributed by atoms with E-state index in [4.69, 9.17) is 38.7 Å². The molecule has 1 saturated carbocycles. The summed E-state index contributed by atoms with van der Waals surface area (Å²) in [5, 5.41) is 6.11. The number of rotatable bonds is 6. The molecule has 2 heterocycles. The van der Waals surface area contributed by atoms with Crippen LogP contribution in [-0.2, 0) is 16.1 Å². The second kappa shape index (κ2) is 8.28. The van der Waals surface area contributed by atoms with Crippen molar-refractivity contribution in [2.45, 2.75) is 39.2 Å². The Morgan fingerprint density at radius 1 is 1.30 bits per heavy atom. The highest BCUT2D eigenvalue weighted by atomic mass is 35.5. The van der Waals surface area contributed by atoms with Crippen molar-refractivity contribution in [2.75, 3.05) is 12.3 Å². The maximum atomic E-state index is 12.0. The van der Waals surface area contributed by atoms with E-state index in [-0.39, 0.29) is 0 Å². The first-order chi connectivity index (χ1) is 14.4.